The van der Waals surface area contributed by atoms with Crippen molar-refractivity contribution in [2.45, 2.75) is 13.8 Å². The molecule has 0 radical (unpaired) electrons. The van der Waals surface area contributed by atoms with E-state index in [9.17, 15) is 0 Å². The largest absolute Gasteiger partial charge is 0.264 e. The van der Waals surface area contributed by atoms with E-state index < -0.39 is 0 Å². The van der Waals surface area contributed by atoms with Gasteiger partial charge < -0.3 is 0 Å². The van der Waals surface area contributed by atoms with E-state index in [2.05, 4.69) is 9.97 Å². The van der Waals surface area contributed by atoms with Crippen LogP contribution in [0.4, 0.5) is 5.69 Å². The molecule has 0 bridgehead atoms. The highest BCUT2D eigenvalue weighted by Gasteiger charge is 2.04. The van der Waals surface area contributed by atoms with Crippen molar-refractivity contribution in [3.05, 3.63) is 17.7 Å². The molecule has 5 heteroatoms. The summed E-state index contributed by atoms with van der Waals surface area (Å²) in [5.74, 6) is 0.605. The molecule has 0 spiro atoms. The van der Waals surface area contributed by atoms with Crippen LogP contribution in [0.2, 0.25) is 0 Å². The second-order valence-corrected chi connectivity index (χ2v) is 2.18. The molecule has 0 aromatic carbocycles. The van der Waals surface area contributed by atoms with Crippen LogP contribution in [0.5, 0.6) is 0 Å². The molecule has 1 aromatic rings. The summed E-state index contributed by atoms with van der Waals surface area (Å²) < 4.78 is 0. The van der Waals surface area contributed by atoms with Gasteiger partial charge in [0.25, 0.3) is 0 Å². The molecular formula is C6H9N3O2. The van der Waals surface area contributed by atoms with Gasteiger partial charge in [-0.15, -0.1) is 5.23 Å². The maximum Gasteiger partial charge on any atom is 0.134 e. The molecule has 0 fully saturated rings. The van der Waals surface area contributed by atoms with Crippen LogP contribution < -0.4 is 5.23 Å². The Hall–Kier alpha value is -1.20. The van der Waals surface area contributed by atoms with Crippen molar-refractivity contribution < 1.29 is 10.4 Å². The van der Waals surface area contributed by atoms with Crippen molar-refractivity contribution in [1.82, 2.24) is 9.97 Å². The smallest absolute Gasteiger partial charge is 0.134 e. The molecule has 0 amide bonds. The molecule has 5 nitrogen and oxygen atoms in total. The highest BCUT2D eigenvalue weighted by molar-refractivity contribution is 5.42. The lowest BCUT2D eigenvalue weighted by atomic mass is 10.4. The molecule has 1 heterocycles. The van der Waals surface area contributed by atoms with Gasteiger partial charge >= 0.3 is 0 Å². The first-order valence-corrected chi connectivity index (χ1v) is 3.09. The molecule has 11 heavy (non-hydrogen) atoms. The van der Waals surface area contributed by atoms with E-state index in [1.165, 1.54) is 6.20 Å². The number of nitrogens with zero attached hydrogens (tertiary/aromatic N) is 3. The first-order valence-electron chi connectivity index (χ1n) is 3.09. The Morgan fingerprint density at radius 2 is 2.00 bits per heavy atom. The lowest BCUT2D eigenvalue weighted by molar-refractivity contribution is 0.0284. The van der Waals surface area contributed by atoms with Gasteiger partial charge in [-0.3, -0.25) is 10.4 Å². The van der Waals surface area contributed by atoms with Crippen molar-refractivity contribution >= 4 is 5.69 Å². The summed E-state index contributed by atoms with van der Waals surface area (Å²) in [6.07, 6.45) is 1.34. The second kappa shape index (κ2) is 2.81. The molecule has 0 saturated heterocycles. The number of hydrogen-bond donors (Lipinski definition) is 2. The fourth-order valence-electron chi connectivity index (χ4n) is 0.773. The van der Waals surface area contributed by atoms with Gasteiger partial charge in [0.1, 0.15) is 11.5 Å². The Balaban J connectivity index is 3.09. The van der Waals surface area contributed by atoms with Crippen LogP contribution in [0.25, 0.3) is 0 Å². The zero-order valence-electron chi connectivity index (χ0n) is 6.31. The lowest BCUT2D eigenvalue weighted by Gasteiger charge is -2.09. The van der Waals surface area contributed by atoms with Crippen LogP contribution in [0.15, 0.2) is 6.20 Å². The van der Waals surface area contributed by atoms with Crippen molar-refractivity contribution in [2.24, 2.45) is 0 Å². The van der Waals surface area contributed by atoms with Crippen LogP contribution in [0, 0.1) is 13.8 Å². The minimum absolute atomic E-state index is 0.00870. The lowest BCUT2D eigenvalue weighted by Crippen LogP contribution is -2.13. The summed E-state index contributed by atoms with van der Waals surface area (Å²) in [5, 5.41) is 17.2. The SMILES string of the molecule is Cc1ncc(N(O)O)c(C)n1. The number of hydrogen-bond acceptors (Lipinski definition) is 5. The van der Waals surface area contributed by atoms with E-state index in [0.29, 0.717) is 11.5 Å². The van der Waals surface area contributed by atoms with E-state index in [1.807, 2.05) is 0 Å². The summed E-state index contributed by atoms with van der Waals surface area (Å²) >= 11 is 0. The summed E-state index contributed by atoms with van der Waals surface area (Å²) in [5.41, 5.74) is 0.720. The third kappa shape index (κ3) is 1.63. The number of aromatic nitrogens is 2. The Morgan fingerprint density at radius 1 is 1.36 bits per heavy atom. The predicted molar refractivity (Wildman–Crippen MR) is 37.6 cm³/mol. The maximum atomic E-state index is 8.60. The summed E-state index contributed by atoms with van der Waals surface area (Å²) in [6.45, 7) is 3.40. The van der Waals surface area contributed by atoms with Gasteiger partial charge in [0.2, 0.25) is 0 Å². The first-order chi connectivity index (χ1) is 5.11. The Labute approximate surface area is 63.9 Å². The van der Waals surface area contributed by atoms with Gasteiger partial charge in [-0.2, -0.15) is 0 Å². The monoisotopic (exact) mass is 155 g/mol. The average molecular weight is 155 g/mol. The van der Waals surface area contributed by atoms with Crippen LogP contribution >= 0.6 is 0 Å². The molecule has 0 saturated carbocycles. The zero-order valence-corrected chi connectivity index (χ0v) is 6.31. The fraction of sp³-hybridized carbons (Fsp3) is 0.333. The molecule has 0 aliphatic rings. The molecule has 0 aliphatic heterocycles. The van der Waals surface area contributed by atoms with Crippen LogP contribution in [-0.2, 0) is 0 Å². The van der Waals surface area contributed by atoms with Crippen LogP contribution in [0.3, 0.4) is 0 Å². The van der Waals surface area contributed by atoms with Gasteiger partial charge in [-0.1, -0.05) is 0 Å². The Kier molecular flexibility index (Phi) is 2.02. The highest BCUT2D eigenvalue weighted by Crippen LogP contribution is 2.12. The number of anilines is 1. The maximum absolute atomic E-state index is 8.60. The zero-order chi connectivity index (χ0) is 8.43. The topological polar surface area (TPSA) is 69.5 Å². The Bertz CT molecular complexity index is 262. The summed E-state index contributed by atoms with van der Waals surface area (Å²) in [4.78, 5) is 7.71. The molecule has 2 N–H and O–H groups in total. The average Bonchev–Trinajstić information content (AvgIpc) is 1.85. The summed E-state index contributed by atoms with van der Waals surface area (Å²) in [6, 6.07) is 0. The van der Waals surface area contributed by atoms with E-state index >= 15 is 0 Å². The molecule has 0 aliphatic carbocycles. The quantitative estimate of drug-likeness (QED) is 0.583. The molecule has 60 valence electrons. The van der Waals surface area contributed by atoms with Crippen molar-refractivity contribution in [2.75, 3.05) is 5.23 Å². The van der Waals surface area contributed by atoms with Gasteiger partial charge in [-0.25, -0.2) is 9.97 Å². The number of rotatable bonds is 1. The second-order valence-electron chi connectivity index (χ2n) is 2.18. The number of aryl methyl sites for hydroxylation is 2. The van der Waals surface area contributed by atoms with E-state index in [0.717, 1.165) is 0 Å². The third-order valence-corrected chi connectivity index (χ3v) is 1.29. The standard InChI is InChI=1S/C6H9N3O2/c1-4-6(9(10)11)3-7-5(2)8-4/h3,10-11H,1-2H3. The van der Waals surface area contributed by atoms with Gasteiger partial charge in [0.05, 0.1) is 11.9 Å². The molecule has 0 unspecified atom stereocenters. The Morgan fingerprint density at radius 3 is 2.45 bits per heavy atom. The van der Waals surface area contributed by atoms with Gasteiger partial charge in [0.15, 0.2) is 0 Å². The normalized spacial score (nSPS) is 9.82. The highest BCUT2D eigenvalue weighted by atomic mass is 16.8. The first kappa shape index (κ1) is 7.90. The fourth-order valence-corrected chi connectivity index (χ4v) is 0.773. The van der Waals surface area contributed by atoms with Crippen molar-refractivity contribution in [3.8, 4) is 0 Å². The minimum Gasteiger partial charge on any atom is -0.264 e. The van der Waals surface area contributed by atoms with E-state index in [-0.39, 0.29) is 10.9 Å². The summed E-state index contributed by atoms with van der Waals surface area (Å²) in [7, 11) is 0. The van der Waals surface area contributed by atoms with E-state index in [1.54, 1.807) is 13.8 Å². The molecule has 1 rings (SSSR count). The molecular weight excluding hydrogens is 146 g/mol. The van der Waals surface area contributed by atoms with Crippen molar-refractivity contribution in [3.63, 3.8) is 0 Å². The van der Waals surface area contributed by atoms with Crippen molar-refractivity contribution in [1.29, 1.82) is 0 Å². The van der Waals surface area contributed by atoms with E-state index in [4.69, 9.17) is 10.4 Å². The van der Waals surface area contributed by atoms with Crippen LogP contribution in [0.1, 0.15) is 11.5 Å². The van der Waals surface area contributed by atoms with Gasteiger partial charge in [0, 0.05) is 0 Å². The molecule has 1 aromatic heterocycles. The molecule has 0 atom stereocenters. The minimum atomic E-state index is 0.00870. The van der Waals surface area contributed by atoms with Crippen LogP contribution in [-0.4, -0.2) is 20.4 Å². The third-order valence-electron chi connectivity index (χ3n) is 1.29. The van der Waals surface area contributed by atoms with Gasteiger partial charge in [-0.05, 0) is 13.8 Å². The predicted octanol–water partition coefficient (Wildman–Crippen LogP) is 0.678.